The summed E-state index contributed by atoms with van der Waals surface area (Å²) in [5.74, 6) is 0. The minimum absolute atomic E-state index is 0.294. The van der Waals surface area contributed by atoms with Gasteiger partial charge in [-0.15, -0.1) is 10.0 Å². The van der Waals surface area contributed by atoms with Gasteiger partial charge < -0.3 is 17.3 Å². The molecule has 0 spiro atoms. The fraction of sp³-hybridized carbons (Fsp3) is 0. The van der Waals surface area contributed by atoms with Gasteiger partial charge in [-0.25, -0.2) is 0 Å². The van der Waals surface area contributed by atoms with Crippen LogP contribution in [0.5, 0.6) is 0 Å². The molecule has 0 heterocycles. The number of azo groups is 1. The lowest BCUT2D eigenvalue weighted by atomic mass is 10.3. The first kappa shape index (κ1) is 16.5. The Kier molecular flexibility index (Phi) is 6.18. The predicted octanol–water partition coefficient (Wildman–Crippen LogP) is 5.80. The molecule has 9 heteroatoms. The zero-order chi connectivity index (χ0) is 15.7. The lowest BCUT2D eigenvalue weighted by molar-refractivity contribution is 0.368. The highest BCUT2D eigenvalue weighted by Crippen LogP contribution is 2.28. The SMILES string of the molecule is F[B-](F)(F)F.O=Nc1ccccc1N=Nc1ccccc1. The largest absolute Gasteiger partial charge is 0.673 e. The van der Waals surface area contributed by atoms with E-state index < -0.39 is 7.25 Å². The molecule has 0 radical (unpaired) electrons. The number of nitrogens with zero attached hydrogens (tertiary/aromatic N) is 3. The zero-order valence-corrected chi connectivity index (χ0v) is 10.5. The van der Waals surface area contributed by atoms with Crippen LogP contribution in [0.15, 0.2) is 70.0 Å². The Balaban J connectivity index is 0.000000383. The van der Waals surface area contributed by atoms with E-state index in [1.54, 1.807) is 24.3 Å². The molecule has 2 aromatic carbocycles. The number of benzene rings is 2. The third-order valence-corrected chi connectivity index (χ3v) is 2.01. The van der Waals surface area contributed by atoms with Crippen molar-refractivity contribution in [2.45, 2.75) is 0 Å². The Morgan fingerprint density at radius 3 is 1.71 bits per heavy atom. The first-order valence-electron chi connectivity index (χ1n) is 5.66. The van der Waals surface area contributed by atoms with E-state index in [2.05, 4.69) is 15.4 Å². The Bertz CT molecular complexity index is 599. The second-order valence-electron chi connectivity index (χ2n) is 3.61. The molecule has 0 unspecified atom stereocenters. The second-order valence-corrected chi connectivity index (χ2v) is 3.61. The van der Waals surface area contributed by atoms with Crippen molar-refractivity contribution in [1.82, 2.24) is 0 Å². The summed E-state index contributed by atoms with van der Waals surface area (Å²) < 4.78 is 39.0. The maximum atomic E-state index is 10.5. The number of hydrogen-bond acceptors (Lipinski definition) is 4. The highest BCUT2D eigenvalue weighted by atomic mass is 19.5. The molecular weight excluding hydrogens is 289 g/mol. The molecule has 0 saturated carbocycles. The van der Waals surface area contributed by atoms with Crippen LogP contribution in [0.2, 0.25) is 0 Å². The van der Waals surface area contributed by atoms with E-state index in [0.717, 1.165) is 5.69 Å². The van der Waals surface area contributed by atoms with Gasteiger partial charge in [-0.05, 0) is 29.4 Å². The van der Waals surface area contributed by atoms with Crippen LogP contribution in [0.1, 0.15) is 0 Å². The third-order valence-electron chi connectivity index (χ3n) is 2.01. The van der Waals surface area contributed by atoms with Gasteiger partial charge in [-0.3, -0.25) is 0 Å². The summed E-state index contributed by atoms with van der Waals surface area (Å²) in [6.45, 7) is 0. The van der Waals surface area contributed by atoms with Crippen molar-refractivity contribution in [2.75, 3.05) is 0 Å². The van der Waals surface area contributed by atoms with E-state index in [1.165, 1.54) is 0 Å². The van der Waals surface area contributed by atoms with Gasteiger partial charge in [-0.2, -0.15) is 5.11 Å². The topological polar surface area (TPSA) is 54.1 Å². The monoisotopic (exact) mass is 298 g/mol. The fourth-order valence-corrected chi connectivity index (χ4v) is 1.23. The summed E-state index contributed by atoms with van der Waals surface area (Å²) in [6.07, 6.45) is 0. The predicted molar refractivity (Wildman–Crippen MR) is 72.7 cm³/mol. The second kappa shape index (κ2) is 7.88. The van der Waals surface area contributed by atoms with Crippen LogP contribution in [-0.2, 0) is 0 Å². The van der Waals surface area contributed by atoms with Crippen LogP contribution in [0.25, 0.3) is 0 Å². The summed E-state index contributed by atoms with van der Waals surface area (Å²) in [7, 11) is -6.00. The Morgan fingerprint density at radius 2 is 1.19 bits per heavy atom. The average molecular weight is 298 g/mol. The minimum Gasteiger partial charge on any atom is -0.418 e. The van der Waals surface area contributed by atoms with Crippen LogP contribution < -0.4 is 0 Å². The molecule has 0 aliphatic rings. The van der Waals surface area contributed by atoms with Crippen molar-refractivity contribution >= 4 is 24.3 Å². The van der Waals surface area contributed by atoms with Crippen molar-refractivity contribution in [3.05, 3.63) is 59.5 Å². The van der Waals surface area contributed by atoms with Gasteiger partial charge in [-0.1, -0.05) is 30.3 Å². The molecule has 4 nitrogen and oxygen atoms in total. The van der Waals surface area contributed by atoms with Gasteiger partial charge in [0.05, 0.1) is 5.69 Å². The zero-order valence-electron chi connectivity index (χ0n) is 10.5. The Labute approximate surface area is 117 Å². The van der Waals surface area contributed by atoms with Crippen molar-refractivity contribution in [3.8, 4) is 0 Å². The summed E-state index contributed by atoms with van der Waals surface area (Å²) in [5.41, 5.74) is 1.51. The average Bonchev–Trinajstić information content (AvgIpc) is 2.45. The maximum absolute atomic E-state index is 10.5. The van der Waals surface area contributed by atoms with Gasteiger partial charge in [0, 0.05) is 0 Å². The highest BCUT2D eigenvalue weighted by molar-refractivity contribution is 6.50. The smallest absolute Gasteiger partial charge is 0.418 e. The van der Waals surface area contributed by atoms with E-state index in [-0.39, 0.29) is 0 Å². The first-order chi connectivity index (χ1) is 9.90. The highest BCUT2D eigenvalue weighted by Gasteiger charge is 2.20. The maximum Gasteiger partial charge on any atom is 0.673 e. The van der Waals surface area contributed by atoms with Gasteiger partial charge in [0.1, 0.15) is 11.4 Å². The molecule has 2 rings (SSSR count). The molecule has 0 saturated heterocycles. The van der Waals surface area contributed by atoms with E-state index in [4.69, 9.17) is 0 Å². The van der Waals surface area contributed by atoms with Crippen LogP contribution in [0.3, 0.4) is 0 Å². The van der Waals surface area contributed by atoms with Crippen molar-refractivity contribution in [2.24, 2.45) is 15.4 Å². The molecule has 0 amide bonds. The molecule has 0 aromatic heterocycles. The number of halogens is 4. The van der Waals surface area contributed by atoms with Gasteiger partial charge in [0.15, 0.2) is 0 Å². The first-order valence-corrected chi connectivity index (χ1v) is 5.66. The number of nitroso groups, excluding NO2 is 1. The molecule has 0 N–H and O–H groups in total. The molecule has 0 aliphatic heterocycles. The summed E-state index contributed by atoms with van der Waals surface area (Å²) in [4.78, 5) is 10.5. The summed E-state index contributed by atoms with van der Waals surface area (Å²) in [6, 6.07) is 16.1. The van der Waals surface area contributed by atoms with Crippen LogP contribution in [-0.4, -0.2) is 7.25 Å². The molecule has 110 valence electrons. The van der Waals surface area contributed by atoms with Crippen molar-refractivity contribution in [1.29, 1.82) is 0 Å². The molecule has 0 aliphatic carbocycles. The quantitative estimate of drug-likeness (QED) is 0.306. The summed E-state index contributed by atoms with van der Waals surface area (Å²) >= 11 is 0. The van der Waals surface area contributed by atoms with E-state index in [1.807, 2.05) is 30.3 Å². The summed E-state index contributed by atoms with van der Waals surface area (Å²) in [5, 5.41) is 10.9. The molecule has 0 atom stereocenters. The Hall–Kier alpha value is -2.58. The van der Waals surface area contributed by atoms with Crippen molar-refractivity contribution < 1.29 is 17.3 Å². The Morgan fingerprint density at radius 1 is 0.714 bits per heavy atom. The lowest BCUT2D eigenvalue weighted by Crippen LogP contribution is -2.02. The van der Waals surface area contributed by atoms with Gasteiger partial charge >= 0.3 is 7.25 Å². The van der Waals surface area contributed by atoms with E-state index in [0.29, 0.717) is 11.4 Å². The van der Waals surface area contributed by atoms with Gasteiger partial charge in [0.25, 0.3) is 0 Å². The molecule has 0 bridgehead atoms. The van der Waals surface area contributed by atoms with Crippen molar-refractivity contribution in [3.63, 3.8) is 0 Å². The standard InChI is InChI=1S/C12H9N3O.BF4/c16-15-12-9-5-4-8-11(12)14-13-10-6-2-1-3-7-10;2-1(3,4)5/h1-9H;/q;-1. The van der Waals surface area contributed by atoms with E-state index >= 15 is 0 Å². The fourth-order valence-electron chi connectivity index (χ4n) is 1.23. The van der Waals surface area contributed by atoms with Crippen LogP contribution >= 0.6 is 0 Å². The minimum atomic E-state index is -6.00. The molecule has 21 heavy (non-hydrogen) atoms. The number of rotatable bonds is 3. The van der Waals surface area contributed by atoms with Crippen LogP contribution in [0, 0.1) is 4.91 Å². The number of hydrogen-bond donors (Lipinski definition) is 0. The van der Waals surface area contributed by atoms with Crippen LogP contribution in [0.4, 0.5) is 34.3 Å². The normalized spacial score (nSPS) is 10.9. The lowest BCUT2D eigenvalue weighted by Gasteiger charge is -1.94. The molecule has 2 aromatic rings. The van der Waals surface area contributed by atoms with Gasteiger partial charge in [0.2, 0.25) is 0 Å². The van der Waals surface area contributed by atoms with E-state index in [9.17, 15) is 22.2 Å². The third kappa shape index (κ3) is 7.56. The molecular formula is C12H9BF4N3O-. The molecule has 0 fully saturated rings.